The molecule has 0 spiro atoms. The van der Waals surface area contributed by atoms with E-state index in [2.05, 4.69) is 0 Å². The molecule has 0 radical (unpaired) electrons. The zero-order chi connectivity index (χ0) is 10.6. The van der Waals surface area contributed by atoms with Gasteiger partial charge in [0.25, 0.3) is 6.43 Å². The molecular formula is C9H18F2N2O. The zero-order valence-corrected chi connectivity index (χ0v) is 8.20. The van der Waals surface area contributed by atoms with Crippen molar-refractivity contribution in [2.24, 2.45) is 5.73 Å². The van der Waals surface area contributed by atoms with Gasteiger partial charge >= 0.3 is 0 Å². The lowest BCUT2D eigenvalue weighted by Crippen LogP contribution is -2.47. The fourth-order valence-corrected chi connectivity index (χ4v) is 2.12. The molecule has 1 aliphatic rings. The maximum Gasteiger partial charge on any atom is 0.251 e. The molecule has 0 bridgehead atoms. The number of hydrogen-bond donors (Lipinski definition) is 2. The van der Waals surface area contributed by atoms with Crippen LogP contribution in [0.1, 0.15) is 19.3 Å². The molecule has 5 heteroatoms. The first-order valence-corrected chi connectivity index (χ1v) is 5.03. The highest BCUT2D eigenvalue weighted by Gasteiger charge is 2.30. The highest BCUT2D eigenvalue weighted by molar-refractivity contribution is 4.88. The molecule has 0 aromatic rings. The summed E-state index contributed by atoms with van der Waals surface area (Å²) in [6.07, 6.45) is 0.412. The molecule has 1 fully saturated rings. The van der Waals surface area contributed by atoms with Crippen LogP contribution in [-0.2, 0) is 0 Å². The molecule has 84 valence electrons. The Morgan fingerprint density at radius 3 is 2.57 bits per heavy atom. The molecule has 2 unspecified atom stereocenters. The largest absolute Gasteiger partial charge is 0.395 e. The lowest BCUT2D eigenvalue weighted by atomic mass is 10.1. The number of aliphatic hydroxyl groups is 1. The lowest BCUT2D eigenvalue weighted by Gasteiger charge is -2.30. The van der Waals surface area contributed by atoms with Crippen molar-refractivity contribution < 1.29 is 13.9 Å². The van der Waals surface area contributed by atoms with Gasteiger partial charge in [-0.2, -0.15) is 0 Å². The standard InChI is InChI=1S/C9H18F2N2O/c10-9(11)6-13(4-5-14)8-3-1-2-7(8)12/h7-9,14H,1-6,12H2. The van der Waals surface area contributed by atoms with Crippen LogP contribution < -0.4 is 5.73 Å². The number of halogens is 2. The maximum absolute atomic E-state index is 12.2. The molecule has 1 aliphatic carbocycles. The van der Waals surface area contributed by atoms with Crippen LogP contribution in [0.25, 0.3) is 0 Å². The van der Waals surface area contributed by atoms with Crippen molar-refractivity contribution in [3.8, 4) is 0 Å². The Kier molecular flexibility index (Phi) is 4.71. The number of hydrogen-bond acceptors (Lipinski definition) is 3. The van der Waals surface area contributed by atoms with Crippen molar-refractivity contribution in [2.45, 2.75) is 37.8 Å². The minimum Gasteiger partial charge on any atom is -0.395 e. The maximum atomic E-state index is 12.2. The molecule has 0 saturated heterocycles. The second kappa shape index (κ2) is 5.58. The number of nitrogens with two attached hydrogens (primary N) is 1. The van der Waals surface area contributed by atoms with E-state index in [4.69, 9.17) is 10.8 Å². The molecule has 1 saturated carbocycles. The van der Waals surface area contributed by atoms with E-state index >= 15 is 0 Å². The van der Waals surface area contributed by atoms with Gasteiger partial charge in [0.2, 0.25) is 0 Å². The summed E-state index contributed by atoms with van der Waals surface area (Å²) in [5.74, 6) is 0. The second-order valence-corrected chi connectivity index (χ2v) is 3.77. The molecule has 3 N–H and O–H groups in total. The Morgan fingerprint density at radius 1 is 1.43 bits per heavy atom. The lowest BCUT2D eigenvalue weighted by molar-refractivity contribution is 0.0524. The van der Waals surface area contributed by atoms with Crippen molar-refractivity contribution in [3.05, 3.63) is 0 Å². The third-order valence-electron chi connectivity index (χ3n) is 2.76. The molecule has 0 aromatic carbocycles. The van der Waals surface area contributed by atoms with Gasteiger partial charge in [-0.1, -0.05) is 6.42 Å². The summed E-state index contributed by atoms with van der Waals surface area (Å²) in [6.45, 7) is -0.0719. The SMILES string of the molecule is NC1CCCC1N(CCO)CC(F)F. The van der Waals surface area contributed by atoms with Crippen molar-refractivity contribution >= 4 is 0 Å². The van der Waals surface area contributed by atoms with E-state index in [0.29, 0.717) is 6.54 Å². The molecular weight excluding hydrogens is 190 g/mol. The Bertz CT molecular complexity index is 169. The van der Waals surface area contributed by atoms with Gasteiger partial charge in [0.1, 0.15) is 0 Å². The highest BCUT2D eigenvalue weighted by atomic mass is 19.3. The Balaban J connectivity index is 2.47. The zero-order valence-electron chi connectivity index (χ0n) is 8.20. The second-order valence-electron chi connectivity index (χ2n) is 3.77. The summed E-state index contributed by atoms with van der Waals surface area (Å²) in [7, 11) is 0. The van der Waals surface area contributed by atoms with Crippen LogP contribution >= 0.6 is 0 Å². The van der Waals surface area contributed by atoms with Crippen LogP contribution in [-0.4, -0.2) is 48.2 Å². The van der Waals surface area contributed by atoms with Crippen LogP contribution in [0, 0.1) is 0 Å². The van der Waals surface area contributed by atoms with Crippen LogP contribution in [0.3, 0.4) is 0 Å². The summed E-state index contributed by atoms with van der Waals surface area (Å²) in [5.41, 5.74) is 5.82. The summed E-state index contributed by atoms with van der Waals surface area (Å²) in [4.78, 5) is 1.61. The van der Waals surface area contributed by atoms with Gasteiger partial charge in [-0.05, 0) is 12.8 Å². The van der Waals surface area contributed by atoms with Crippen molar-refractivity contribution in [1.82, 2.24) is 4.90 Å². The van der Waals surface area contributed by atoms with Gasteiger partial charge in [0.05, 0.1) is 13.2 Å². The van der Waals surface area contributed by atoms with E-state index in [1.807, 2.05) is 0 Å². The molecule has 3 nitrogen and oxygen atoms in total. The Hall–Kier alpha value is -0.260. The predicted octanol–water partition coefficient (Wildman–Crippen LogP) is 0.426. The van der Waals surface area contributed by atoms with Crippen molar-refractivity contribution in [3.63, 3.8) is 0 Å². The van der Waals surface area contributed by atoms with Crippen molar-refractivity contribution in [1.29, 1.82) is 0 Å². The van der Waals surface area contributed by atoms with E-state index in [1.165, 1.54) is 0 Å². The van der Waals surface area contributed by atoms with Crippen LogP contribution in [0.4, 0.5) is 8.78 Å². The first-order chi connectivity index (χ1) is 6.65. The molecule has 14 heavy (non-hydrogen) atoms. The third kappa shape index (κ3) is 3.15. The summed E-state index contributed by atoms with van der Waals surface area (Å²) >= 11 is 0. The summed E-state index contributed by atoms with van der Waals surface area (Å²) in [5, 5.41) is 8.77. The van der Waals surface area contributed by atoms with E-state index in [1.54, 1.807) is 4.90 Å². The molecule has 1 rings (SSSR count). The van der Waals surface area contributed by atoms with Gasteiger partial charge in [-0.15, -0.1) is 0 Å². The first-order valence-electron chi connectivity index (χ1n) is 5.03. The topological polar surface area (TPSA) is 49.5 Å². The third-order valence-corrected chi connectivity index (χ3v) is 2.76. The molecule has 0 aliphatic heterocycles. The van der Waals surface area contributed by atoms with E-state index in [0.717, 1.165) is 19.3 Å². The minimum absolute atomic E-state index is 0.0136. The molecule has 0 aromatic heterocycles. The van der Waals surface area contributed by atoms with Crippen LogP contribution in [0.15, 0.2) is 0 Å². The monoisotopic (exact) mass is 208 g/mol. The van der Waals surface area contributed by atoms with E-state index in [-0.39, 0.29) is 25.2 Å². The number of rotatable bonds is 5. The molecule has 0 heterocycles. The molecule has 2 atom stereocenters. The van der Waals surface area contributed by atoms with E-state index < -0.39 is 6.43 Å². The van der Waals surface area contributed by atoms with Crippen LogP contribution in [0.5, 0.6) is 0 Å². The van der Waals surface area contributed by atoms with Gasteiger partial charge in [-0.25, -0.2) is 8.78 Å². The summed E-state index contributed by atoms with van der Waals surface area (Å²) < 4.78 is 24.4. The van der Waals surface area contributed by atoms with Gasteiger partial charge in [0.15, 0.2) is 0 Å². The van der Waals surface area contributed by atoms with Crippen LogP contribution in [0.2, 0.25) is 0 Å². The number of alkyl halides is 2. The van der Waals surface area contributed by atoms with E-state index in [9.17, 15) is 8.78 Å². The van der Waals surface area contributed by atoms with Gasteiger partial charge in [0, 0.05) is 18.6 Å². The minimum atomic E-state index is -2.35. The van der Waals surface area contributed by atoms with Crippen molar-refractivity contribution in [2.75, 3.05) is 19.7 Å². The van der Waals surface area contributed by atoms with Gasteiger partial charge < -0.3 is 10.8 Å². The quantitative estimate of drug-likeness (QED) is 0.688. The number of nitrogens with zero attached hydrogens (tertiary/aromatic N) is 1. The Labute approximate surface area is 82.9 Å². The Morgan fingerprint density at radius 2 is 2.14 bits per heavy atom. The smallest absolute Gasteiger partial charge is 0.251 e. The first kappa shape index (κ1) is 11.8. The summed E-state index contributed by atoms with van der Waals surface area (Å²) in [6, 6.07) is 0.0106. The van der Waals surface area contributed by atoms with Gasteiger partial charge in [-0.3, -0.25) is 4.90 Å². The highest BCUT2D eigenvalue weighted by Crippen LogP contribution is 2.23. The fraction of sp³-hybridized carbons (Fsp3) is 1.00. The number of aliphatic hydroxyl groups excluding tert-OH is 1. The average molecular weight is 208 g/mol. The molecule has 0 amide bonds. The average Bonchev–Trinajstić information content (AvgIpc) is 2.50. The predicted molar refractivity (Wildman–Crippen MR) is 50.3 cm³/mol. The fourth-order valence-electron chi connectivity index (χ4n) is 2.12. The normalized spacial score (nSPS) is 27.9.